The molecule has 0 aromatic heterocycles. The zero-order chi connectivity index (χ0) is 14.1. The number of rotatable bonds is 3. The Morgan fingerprint density at radius 2 is 1.79 bits per heavy atom. The fraction of sp³-hybridized carbons (Fsp3) is 0.600. The summed E-state index contributed by atoms with van der Waals surface area (Å²) in [6, 6.07) is 8.65. The Bertz CT molecular complexity index is 522. The van der Waals surface area contributed by atoms with Crippen molar-refractivity contribution in [3.63, 3.8) is 0 Å². The van der Waals surface area contributed by atoms with Gasteiger partial charge >= 0.3 is 0 Å². The molecule has 1 aliphatic carbocycles. The molecule has 2 atom stereocenters. The second-order valence-corrected chi connectivity index (χ2v) is 8.26. The number of hydrogen-bond donors (Lipinski definition) is 1. The minimum absolute atomic E-state index is 0.0453. The van der Waals surface area contributed by atoms with Crippen LogP contribution in [0.5, 0.6) is 0 Å². The average Bonchev–Trinajstić information content (AvgIpc) is 2.26. The van der Waals surface area contributed by atoms with Gasteiger partial charge in [0.25, 0.3) is 0 Å². The van der Waals surface area contributed by atoms with E-state index in [9.17, 15) is 8.42 Å². The summed E-state index contributed by atoms with van der Waals surface area (Å²) < 4.78 is 27.5. The predicted molar refractivity (Wildman–Crippen MR) is 77.3 cm³/mol. The molecule has 0 aliphatic heterocycles. The van der Waals surface area contributed by atoms with Gasteiger partial charge in [0, 0.05) is 6.04 Å². The summed E-state index contributed by atoms with van der Waals surface area (Å²) in [6.07, 6.45) is 3.00. The van der Waals surface area contributed by atoms with E-state index in [1.54, 1.807) is 24.3 Å². The van der Waals surface area contributed by atoms with E-state index in [1.165, 1.54) is 0 Å². The Balaban J connectivity index is 2.13. The first kappa shape index (κ1) is 14.5. The molecule has 19 heavy (non-hydrogen) atoms. The fourth-order valence-electron chi connectivity index (χ4n) is 3.32. The SMILES string of the molecule is C[C@H]1C[C@H](NS(=O)(=O)c2ccccc2)CC(C)(C)C1. The van der Waals surface area contributed by atoms with Crippen LogP contribution in [0.4, 0.5) is 0 Å². The van der Waals surface area contributed by atoms with Crippen LogP contribution >= 0.6 is 0 Å². The lowest BCUT2D eigenvalue weighted by atomic mass is 9.71. The lowest BCUT2D eigenvalue weighted by molar-refractivity contribution is 0.163. The number of benzene rings is 1. The number of hydrogen-bond acceptors (Lipinski definition) is 2. The van der Waals surface area contributed by atoms with Gasteiger partial charge in [-0.2, -0.15) is 0 Å². The molecule has 4 heteroatoms. The van der Waals surface area contributed by atoms with Crippen LogP contribution < -0.4 is 4.72 Å². The van der Waals surface area contributed by atoms with E-state index >= 15 is 0 Å². The van der Waals surface area contributed by atoms with Gasteiger partial charge in [0.05, 0.1) is 4.90 Å². The van der Waals surface area contributed by atoms with E-state index in [0.717, 1.165) is 19.3 Å². The normalized spacial score (nSPS) is 27.1. The Morgan fingerprint density at radius 1 is 1.16 bits per heavy atom. The van der Waals surface area contributed by atoms with Crippen molar-refractivity contribution in [3.8, 4) is 0 Å². The van der Waals surface area contributed by atoms with Gasteiger partial charge in [-0.3, -0.25) is 0 Å². The molecule has 1 saturated carbocycles. The first-order valence-electron chi connectivity index (χ1n) is 6.86. The van der Waals surface area contributed by atoms with Crippen molar-refractivity contribution in [2.45, 2.75) is 51.0 Å². The van der Waals surface area contributed by atoms with Crippen molar-refractivity contribution in [1.82, 2.24) is 4.72 Å². The molecule has 0 bridgehead atoms. The van der Waals surface area contributed by atoms with Gasteiger partial charge in [-0.15, -0.1) is 0 Å². The quantitative estimate of drug-likeness (QED) is 0.925. The van der Waals surface area contributed by atoms with Crippen LogP contribution in [-0.4, -0.2) is 14.5 Å². The molecular weight excluding hydrogens is 258 g/mol. The van der Waals surface area contributed by atoms with Gasteiger partial charge in [0.1, 0.15) is 0 Å². The summed E-state index contributed by atoms with van der Waals surface area (Å²) in [5.41, 5.74) is 0.210. The Morgan fingerprint density at radius 3 is 2.37 bits per heavy atom. The third-order valence-electron chi connectivity index (χ3n) is 3.76. The highest BCUT2D eigenvalue weighted by molar-refractivity contribution is 7.89. The molecule has 0 amide bonds. The molecule has 1 N–H and O–H groups in total. The van der Waals surface area contributed by atoms with Crippen molar-refractivity contribution < 1.29 is 8.42 Å². The minimum atomic E-state index is -3.38. The summed E-state index contributed by atoms with van der Waals surface area (Å²) in [4.78, 5) is 0.353. The van der Waals surface area contributed by atoms with Crippen molar-refractivity contribution >= 4 is 10.0 Å². The maximum absolute atomic E-state index is 12.3. The van der Waals surface area contributed by atoms with Crippen molar-refractivity contribution in [2.75, 3.05) is 0 Å². The van der Waals surface area contributed by atoms with Crippen LogP contribution in [0.25, 0.3) is 0 Å². The third kappa shape index (κ3) is 3.80. The van der Waals surface area contributed by atoms with Crippen LogP contribution in [0, 0.1) is 11.3 Å². The van der Waals surface area contributed by atoms with Crippen molar-refractivity contribution in [1.29, 1.82) is 0 Å². The molecule has 1 aliphatic rings. The summed E-state index contributed by atoms with van der Waals surface area (Å²) >= 11 is 0. The Kier molecular flexibility index (Phi) is 4.02. The first-order chi connectivity index (χ1) is 8.78. The second-order valence-electron chi connectivity index (χ2n) is 6.54. The van der Waals surface area contributed by atoms with Gasteiger partial charge < -0.3 is 0 Å². The van der Waals surface area contributed by atoms with Crippen LogP contribution in [0.3, 0.4) is 0 Å². The van der Waals surface area contributed by atoms with E-state index in [0.29, 0.717) is 10.8 Å². The van der Waals surface area contributed by atoms with Gasteiger partial charge in [-0.25, -0.2) is 13.1 Å². The zero-order valence-corrected chi connectivity index (χ0v) is 12.7. The third-order valence-corrected chi connectivity index (χ3v) is 5.30. The zero-order valence-electron chi connectivity index (χ0n) is 11.9. The van der Waals surface area contributed by atoms with Gasteiger partial charge in [-0.05, 0) is 42.7 Å². The molecule has 1 fully saturated rings. The van der Waals surface area contributed by atoms with E-state index in [4.69, 9.17) is 0 Å². The Hall–Kier alpha value is -0.870. The monoisotopic (exact) mass is 281 g/mol. The fourth-order valence-corrected chi connectivity index (χ4v) is 4.59. The molecule has 106 valence electrons. The topological polar surface area (TPSA) is 46.2 Å². The smallest absolute Gasteiger partial charge is 0.208 e. The van der Waals surface area contributed by atoms with Crippen LogP contribution in [0.2, 0.25) is 0 Å². The van der Waals surface area contributed by atoms with E-state index in [2.05, 4.69) is 25.5 Å². The number of sulfonamides is 1. The largest absolute Gasteiger partial charge is 0.240 e. The van der Waals surface area contributed by atoms with Crippen LogP contribution in [0.1, 0.15) is 40.0 Å². The highest BCUT2D eigenvalue weighted by Crippen LogP contribution is 2.38. The molecule has 0 saturated heterocycles. The Labute approximate surface area is 116 Å². The van der Waals surface area contributed by atoms with Gasteiger partial charge in [-0.1, -0.05) is 39.0 Å². The molecular formula is C15H23NO2S. The van der Waals surface area contributed by atoms with Crippen molar-refractivity contribution in [2.24, 2.45) is 11.3 Å². The van der Waals surface area contributed by atoms with Gasteiger partial charge in [0.2, 0.25) is 10.0 Å². The lowest BCUT2D eigenvalue weighted by Gasteiger charge is -2.39. The number of nitrogens with one attached hydrogen (secondary N) is 1. The molecule has 2 rings (SSSR count). The maximum Gasteiger partial charge on any atom is 0.240 e. The van der Waals surface area contributed by atoms with Gasteiger partial charge in [0.15, 0.2) is 0 Å². The molecule has 0 spiro atoms. The van der Waals surface area contributed by atoms with E-state index in [-0.39, 0.29) is 11.5 Å². The summed E-state index contributed by atoms with van der Waals surface area (Å²) in [6.45, 7) is 6.63. The molecule has 1 aromatic rings. The van der Waals surface area contributed by atoms with Crippen LogP contribution in [0.15, 0.2) is 35.2 Å². The first-order valence-corrected chi connectivity index (χ1v) is 8.34. The molecule has 1 aromatic carbocycles. The van der Waals surface area contributed by atoms with E-state index < -0.39 is 10.0 Å². The summed E-state index contributed by atoms with van der Waals surface area (Å²) in [5, 5.41) is 0. The molecule has 0 unspecified atom stereocenters. The molecule has 0 radical (unpaired) electrons. The molecule has 3 nitrogen and oxygen atoms in total. The van der Waals surface area contributed by atoms with Crippen molar-refractivity contribution in [3.05, 3.63) is 30.3 Å². The van der Waals surface area contributed by atoms with E-state index in [1.807, 2.05) is 6.07 Å². The highest BCUT2D eigenvalue weighted by atomic mass is 32.2. The van der Waals surface area contributed by atoms with Crippen LogP contribution in [-0.2, 0) is 10.0 Å². The summed E-state index contributed by atoms with van der Waals surface area (Å²) in [5.74, 6) is 0.562. The predicted octanol–water partition coefficient (Wildman–Crippen LogP) is 3.18. The maximum atomic E-state index is 12.3. The minimum Gasteiger partial charge on any atom is -0.208 e. The second kappa shape index (κ2) is 5.25. The standard InChI is InChI=1S/C15H23NO2S/c1-12-9-13(11-15(2,3)10-12)16-19(17,18)14-7-5-4-6-8-14/h4-8,12-13,16H,9-11H2,1-3H3/t12-,13-/m0/s1. The lowest BCUT2D eigenvalue weighted by Crippen LogP contribution is -2.42. The highest BCUT2D eigenvalue weighted by Gasteiger charge is 2.34. The summed E-state index contributed by atoms with van der Waals surface area (Å²) in [7, 11) is -3.38. The average molecular weight is 281 g/mol. The molecule has 0 heterocycles.